The molecule has 3 nitrogen and oxygen atoms in total. The number of rotatable bonds is 5. The Bertz CT molecular complexity index is 584. The number of halogens is 1. The van der Waals surface area contributed by atoms with Crippen molar-refractivity contribution in [2.24, 2.45) is 0 Å². The van der Waals surface area contributed by atoms with Gasteiger partial charge in [0.2, 0.25) is 0 Å². The van der Waals surface area contributed by atoms with E-state index in [2.05, 4.69) is 16.9 Å². The van der Waals surface area contributed by atoms with E-state index >= 15 is 0 Å². The summed E-state index contributed by atoms with van der Waals surface area (Å²) in [7, 11) is 0. The number of hydrogen-bond acceptors (Lipinski definition) is 3. The highest BCUT2D eigenvalue weighted by Crippen LogP contribution is 2.29. The zero-order valence-corrected chi connectivity index (χ0v) is 12.8. The number of aromatic nitrogens is 2. The van der Waals surface area contributed by atoms with Crippen LogP contribution in [0.2, 0.25) is 5.15 Å². The van der Waals surface area contributed by atoms with Gasteiger partial charge >= 0.3 is 0 Å². The van der Waals surface area contributed by atoms with E-state index in [9.17, 15) is 0 Å². The third-order valence-electron chi connectivity index (χ3n) is 2.87. The first-order chi connectivity index (χ1) is 9.61. The summed E-state index contributed by atoms with van der Waals surface area (Å²) >= 11 is 6.20. The first-order valence-corrected chi connectivity index (χ1v) is 7.26. The topological polar surface area (TPSA) is 35.0 Å². The zero-order chi connectivity index (χ0) is 14.5. The van der Waals surface area contributed by atoms with Gasteiger partial charge in [0.15, 0.2) is 0 Å². The van der Waals surface area contributed by atoms with Crippen molar-refractivity contribution in [1.29, 1.82) is 0 Å². The zero-order valence-electron chi connectivity index (χ0n) is 12.1. The van der Waals surface area contributed by atoms with Gasteiger partial charge in [-0.1, -0.05) is 37.1 Å². The van der Waals surface area contributed by atoms with Crippen LogP contribution in [0.4, 0.5) is 0 Å². The normalized spacial score (nSPS) is 10.8. The smallest absolute Gasteiger partial charge is 0.136 e. The fourth-order valence-electron chi connectivity index (χ4n) is 2.10. The van der Waals surface area contributed by atoms with Gasteiger partial charge in [-0.2, -0.15) is 0 Å². The molecule has 0 unspecified atom stereocenters. The molecule has 0 amide bonds. The van der Waals surface area contributed by atoms with E-state index in [1.54, 1.807) is 0 Å². The molecule has 0 atom stereocenters. The first kappa shape index (κ1) is 14.8. The monoisotopic (exact) mass is 290 g/mol. The Kier molecular flexibility index (Phi) is 4.96. The molecule has 0 radical (unpaired) electrons. The third kappa shape index (κ3) is 3.48. The van der Waals surface area contributed by atoms with Gasteiger partial charge in [0, 0.05) is 11.1 Å². The second kappa shape index (κ2) is 6.71. The summed E-state index contributed by atoms with van der Waals surface area (Å²) in [4.78, 5) is 8.48. The highest BCUT2D eigenvalue weighted by molar-refractivity contribution is 6.30. The molecule has 0 fully saturated rings. The Morgan fingerprint density at radius 3 is 2.75 bits per heavy atom. The first-order valence-electron chi connectivity index (χ1n) is 6.88. The van der Waals surface area contributed by atoms with Gasteiger partial charge in [0.05, 0.1) is 11.8 Å². The lowest BCUT2D eigenvalue weighted by Crippen LogP contribution is -2.05. The fourth-order valence-corrected chi connectivity index (χ4v) is 2.33. The molecule has 1 aromatic heterocycles. The maximum absolute atomic E-state index is 6.20. The second-order valence-electron chi connectivity index (χ2n) is 4.94. The van der Waals surface area contributed by atoms with Crippen molar-refractivity contribution in [2.75, 3.05) is 0 Å². The molecule has 2 aromatic rings. The molecule has 2 rings (SSSR count). The predicted octanol–water partition coefficient (Wildman–Crippen LogP) is 4.54. The lowest BCUT2D eigenvalue weighted by Gasteiger charge is -2.12. The van der Waals surface area contributed by atoms with Crippen LogP contribution in [-0.4, -0.2) is 16.1 Å². The average Bonchev–Trinajstić information content (AvgIpc) is 2.41. The standard InChI is InChI=1S/C16H19ClN2O/c1-4-6-14-15(18-10-19-16(14)17)12-7-5-8-13(9-12)20-11(2)3/h5,7-11H,4,6H2,1-3H3. The second-order valence-corrected chi connectivity index (χ2v) is 5.29. The molecule has 0 aliphatic carbocycles. The molecule has 0 aliphatic heterocycles. The Morgan fingerprint density at radius 1 is 1.25 bits per heavy atom. The summed E-state index contributed by atoms with van der Waals surface area (Å²) in [5, 5.41) is 0.534. The summed E-state index contributed by atoms with van der Waals surface area (Å²) in [6.07, 6.45) is 3.52. The van der Waals surface area contributed by atoms with Crippen LogP contribution in [0.25, 0.3) is 11.3 Å². The number of nitrogens with zero attached hydrogens (tertiary/aromatic N) is 2. The Labute approximate surface area is 125 Å². The molecule has 0 saturated heterocycles. The van der Waals surface area contributed by atoms with E-state index < -0.39 is 0 Å². The van der Waals surface area contributed by atoms with Crippen LogP contribution in [0.3, 0.4) is 0 Å². The Balaban J connectivity index is 2.43. The van der Waals surface area contributed by atoms with E-state index in [0.29, 0.717) is 5.15 Å². The summed E-state index contributed by atoms with van der Waals surface area (Å²) in [5.74, 6) is 0.842. The minimum Gasteiger partial charge on any atom is -0.491 e. The summed E-state index contributed by atoms with van der Waals surface area (Å²) in [6.45, 7) is 6.14. The lowest BCUT2D eigenvalue weighted by atomic mass is 10.0. The summed E-state index contributed by atoms with van der Waals surface area (Å²) < 4.78 is 5.73. The van der Waals surface area contributed by atoms with Gasteiger partial charge in [-0.25, -0.2) is 9.97 Å². The quantitative estimate of drug-likeness (QED) is 0.759. The molecule has 0 N–H and O–H groups in total. The average molecular weight is 291 g/mol. The molecule has 106 valence electrons. The maximum Gasteiger partial charge on any atom is 0.136 e. The Hall–Kier alpha value is -1.61. The third-order valence-corrected chi connectivity index (χ3v) is 3.20. The van der Waals surface area contributed by atoms with E-state index in [1.807, 2.05) is 38.1 Å². The molecule has 0 spiro atoms. The van der Waals surface area contributed by atoms with Crippen LogP contribution in [0, 0.1) is 0 Å². The van der Waals surface area contributed by atoms with Crippen molar-refractivity contribution in [3.05, 3.63) is 41.3 Å². The maximum atomic E-state index is 6.20. The number of benzene rings is 1. The van der Waals surface area contributed by atoms with E-state index in [-0.39, 0.29) is 6.10 Å². The number of hydrogen-bond donors (Lipinski definition) is 0. The summed E-state index contributed by atoms with van der Waals surface area (Å²) in [5.41, 5.74) is 2.90. The van der Waals surface area contributed by atoms with Crippen LogP contribution in [0.15, 0.2) is 30.6 Å². The van der Waals surface area contributed by atoms with E-state index in [1.165, 1.54) is 6.33 Å². The minimum absolute atomic E-state index is 0.148. The largest absolute Gasteiger partial charge is 0.491 e. The van der Waals surface area contributed by atoms with Gasteiger partial charge in [0.25, 0.3) is 0 Å². The van der Waals surface area contributed by atoms with Crippen LogP contribution in [0.1, 0.15) is 32.8 Å². The van der Waals surface area contributed by atoms with Gasteiger partial charge in [-0.3, -0.25) is 0 Å². The van der Waals surface area contributed by atoms with Gasteiger partial charge in [0.1, 0.15) is 17.2 Å². The molecule has 1 heterocycles. The van der Waals surface area contributed by atoms with Crippen molar-refractivity contribution in [2.45, 2.75) is 39.7 Å². The lowest BCUT2D eigenvalue weighted by molar-refractivity contribution is 0.242. The molecular formula is C16H19ClN2O. The molecular weight excluding hydrogens is 272 g/mol. The number of ether oxygens (including phenoxy) is 1. The van der Waals surface area contributed by atoms with Crippen LogP contribution >= 0.6 is 11.6 Å². The van der Waals surface area contributed by atoms with E-state index in [4.69, 9.17) is 16.3 Å². The molecule has 0 saturated carbocycles. The molecule has 1 aromatic carbocycles. The van der Waals surface area contributed by atoms with Crippen molar-refractivity contribution in [1.82, 2.24) is 9.97 Å². The highest BCUT2D eigenvalue weighted by Gasteiger charge is 2.12. The molecule has 20 heavy (non-hydrogen) atoms. The van der Waals surface area contributed by atoms with Crippen molar-refractivity contribution < 1.29 is 4.74 Å². The van der Waals surface area contributed by atoms with E-state index in [0.717, 1.165) is 35.4 Å². The van der Waals surface area contributed by atoms with Gasteiger partial charge in [-0.15, -0.1) is 0 Å². The van der Waals surface area contributed by atoms with Gasteiger partial charge in [-0.05, 0) is 32.4 Å². The Morgan fingerprint density at radius 2 is 2.05 bits per heavy atom. The van der Waals surface area contributed by atoms with Crippen molar-refractivity contribution in [3.63, 3.8) is 0 Å². The minimum atomic E-state index is 0.148. The van der Waals surface area contributed by atoms with Gasteiger partial charge < -0.3 is 4.74 Å². The molecule has 0 bridgehead atoms. The van der Waals surface area contributed by atoms with Crippen molar-refractivity contribution >= 4 is 11.6 Å². The van der Waals surface area contributed by atoms with Crippen LogP contribution in [-0.2, 0) is 6.42 Å². The highest BCUT2D eigenvalue weighted by atomic mass is 35.5. The SMILES string of the molecule is CCCc1c(Cl)ncnc1-c1cccc(OC(C)C)c1. The van der Waals surface area contributed by atoms with Crippen LogP contribution < -0.4 is 4.74 Å². The molecule has 4 heteroatoms. The summed E-state index contributed by atoms with van der Waals surface area (Å²) in [6, 6.07) is 7.94. The van der Waals surface area contributed by atoms with Crippen LogP contribution in [0.5, 0.6) is 5.75 Å². The van der Waals surface area contributed by atoms with Crippen molar-refractivity contribution in [3.8, 4) is 17.0 Å². The fraction of sp³-hybridized carbons (Fsp3) is 0.375. The predicted molar refractivity (Wildman–Crippen MR) is 82.2 cm³/mol. The molecule has 0 aliphatic rings.